The lowest BCUT2D eigenvalue weighted by atomic mass is 9.80. The van der Waals surface area contributed by atoms with Crippen molar-refractivity contribution in [1.82, 2.24) is 4.98 Å². The lowest BCUT2D eigenvalue weighted by molar-refractivity contribution is 0.295. The molecule has 1 aliphatic carbocycles. The maximum atomic E-state index is 6.37. The van der Waals surface area contributed by atoms with Crippen molar-refractivity contribution in [2.24, 2.45) is 5.73 Å². The monoisotopic (exact) mass is 190 g/mol. The van der Waals surface area contributed by atoms with E-state index in [1.165, 1.54) is 24.8 Å². The van der Waals surface area contributed by atoms with E-state index in [0.29, 0.717) is 0 Å². The van der Waals surface area contributed by atoms with Crippen LogP contribution < -0.4 is 5.73 Å². The van der Waals surface area contributed by atoms with E-state index in [9.17, 15) is 0 Å². The summed E-state index contributed by atoms with van der Waals surface area (Å²) in [4.78, 5) is 4.45. The van der Waals surface area contributed by atoms with Gasteiger partial charge in [0.15, 0.2) is 0 Å². The molecular weight excluding hydrogens is 172 g/mol. The Morgan fingerprint density at radius 2 is 1.93 bits per heavy atom. The quantitative estimate of drug-likeness (QED) is 0.739. The van der Waals surface area contributed by atoms with Crippen molar-refractivity contribution in [2.75, 3.05) is 0 Å². The molecule has 1 aliphatic rings. The van der Waals surface area contributed by atoms with E-state index < -0.39 is 0 Å². The Kier molecular flexibility index (Phi) is 2.55. The lowest BCUT2D eigenvalue weighted by Gasteiger charge is -2.32. The van der Waals surface area contributed by atoms with E-state index in [0.717, 1.165) is 18.5 Å². The second kappa shape index (κ2) is 3.70. The molecule has 0 spiro atoms. The predicted octanol–water partition coefficient (Wildman–Crippen LogP) is 2.51. The van der Waals surface area contributed by atoms with Gasteiger partial charge in [0.1, 0.15) is 0 Å². The highest BCUT2D eigenvalue weighted by Crippen LogP contribution is 2.33. The molecule has 1 fully saturated rings. The minimum absolute atomic E-state index is 0.147. The maximum Gasteiger partial charge on any atom is 0.0602 e. The number of aromatic nitrogens is 1. The summed E-state index contributed by atoms with van der Waals surface area (Å²) in [5.74, 6) is 0. The number of nitrogens with two attached hydrogens (primary N) is 1. The van der Waals surface area contributed by atoms with Crippen LogP contribution in [0.3, 0.4) is 0 Å². The molecule has 0 amide bonds. The van der Waals surface area contributed by atoms with Gasteiger partial charge in [-0.1, -0.05) is 25.3 Å². The summed E-state index contributed by atoms with van der Waals surface area (Å²) in [6, 6.07) is 4.19. The number of aryl methyl sites for hydroxylation is 1. The Morgan fingerprint density at radius 3 is 2.50 bits per heavy atom. The third-order valence-corrected chi connectivity index (χ3v) is 3.17. The van der Waals surface area contributed by atoms with Gasteiger partial charge in [0.05, 0.1) is 11.2 Å². The first-order valence-corrected chi connectivity index (χ1v) is 5.43. The van der Waals surface area contributed by atoms with Gasteiger partial charge in [0.25, 0.3) is 0 Å². The number of hydrogen-bond acceptors (Lipinski definition) is 2. The smallest absolute Gasteiger partial charge is 0.0602 e. The van der Waals surface area contributed by atoms with Crippen LogP contribution >= 0.6 is 0 Å². The second-order valence-corrected chi connectivity index (χ2v) is 4.44. The molecule has 0 saturated heterocycles. The molecule has 76 valence electrons. The van der Waals surface area contributed by atoms with E-state index in [-0.39, 0.29) is 5.54 Å². The molecule has 2 nitrogen and oxygen atoms in total. The standard InChI is InChI=1S/C12H18N2/c1-10-5-6-11(14-9-10)12(13)7-3-2-4-8-12/h5-6,9H,2-4,7-8,13H2,1H3. The topological polar surface area (TPSA) is 38.9 Å². The molecule has 2 heteroatoms. The zero-order valence-electron chi connectivity index (χ0n) is 8.79. The van der Waals surface area contributed by atoms with Crippen molar-refractivity contribution < 1.29 is 0 Å². The Hall–Kier alpha value is -0.890. The van der Waals surface area contributed by atoms with E-state index in [4.69, 9.17) is 5.73 Å². The molecule has 0 bridgehead atoms. The van der Waals surface area contributed by atoms with Crippen molar-refractivity contribution >= 4 is 0 Å². The van der Waals surface area contributed by atoms with E-state index in [1.807, 2.05) is 6.20 Å². The molecule has 0 radical (unpaired) electrons. The normalized spacial score (nSPS) is 20.7. The molecule has 1 aromatic rings. The highest BCUT2D eigenvalue weighted by atomic mass is 14.8. The summed E-state index contributed by atoms with van der Waals surface area (Å²) in [5.41, 5.74) is 8.50. The number of pyridine rings is 1. The van der Waals surface area contributed by atoms with Gasteiger partial charge in [0.2, 0.25) is 0 Å². The Morgan fingerprint density at radius 1 is 1.21 bits per heavy atom. The SMILES string of the molecule is Cc1ccc(C2(N)CCCCC2)nc1. The average Bonchev–Trinajstić information content (AvgIpc) is 2.19. The summed E-state index contributed by atoms with van der Waals surface area (Å²) in [5, 5.41) is 0. The molecule has 1 heterocycles. The van der Waals surface area contributed by atoms with Gasteiger partial charge in [-0.05, 0) is 31.4 Å². The third-order valence-electron chi connectivity index (χ3n) is 3.17. The fourth-order valence-corrected chi connectivity index (χ4v) is 2.20. The van der Waals surface area contributed by atoms with E-state index in [1.54, 1.807) is 0 Å². The van der Waals surface area contributed by atoms with Crippen LogP contribution in [0, 0.1) is 6.92 Å². The number of nitrogens with zero attached hydrogens (tertiary/aromatic N) is 1. The first-order valence-electron chi connectivity index (χ1n) is 5.43. The highest BCUT2D eigenvalue weighted by molar-refractivity contribution is 5.19. The molecule has 0 aromatic carbocycles. The van der Waals surface area contributed by atoms with E-state index >= 15 is 0 Å². The van der Waals surface area contributed by atoms with Crippen LogP contribution in [0.25, 0.3) is 0 Å². The van der Waals surface area contributed by atoms with Crippen LogP contribution in [0.2, 0.25) is 0 Å². The molecule has 14 heavy (non-hydrogen) atoms. The molecule has 0 atom stereocenters. The Balaban J connectivity index is 2.23. The summed E-state index contributed by atoms with van der Waals surface area (Å²) < 4.78 is 0. The van der Waals surface area contributed by atoms with Gasteiger partial charge >= 0.3 is 0 Å². The van der Waals surface area contributed by atoms with Crippen molar-refractivity contribution in [3.63, 3.8) is 0 Å². The fraction of sp³-hybridized carbons (Fsp3) is 0.583. The first kappa shape index (κ1) is 9.66. The van der Waals surface area contributed by atoms with Crippen LogP contribution in [0.1, 0.15) is 43.4 Å². The second-order valence-electron chi connectivity index (χ2n) is 4.44. The molecule has 1 aromatic heterocycles. The maximum absolute atomic E-state index is 6.37. The minimum Gasteiger partial charge on any atom is -0.320 e. The van der Waals surface area contributed by atoms with Crippen LogP contribution in [-0.4, -0.2) is 4.98 Å². The zero-order chi connectivity index (χ0) is 10.0. The van der Waals surface area contributed by atoms with Crippen LogP contribution in [0.4, 0.5) is 0 Å². The van der Waals surface area contributed by atoms with Crippen molar-refractivity contribution in [3.8, 4) is 0 Å². The largest absolute Gasteiger partial charge is 0.320 e. The molecule has 2 rings (SSSR count). The third kappa shape index (κ3) is 1.80. The van der Waals surface area contributed by atoms with Crippen molar-refractivity contribution in [3.05, 3.63) is 29.6 Å². The average molecular weight is 190 g/mol. The van der Waals surface area contributed by atoms with E-state index in [2.05, 4.69) is 24.0 Å². The zero-order valence-corrected chi connectivity index (χ0v) is 8.79. The summed E-state index contributed by atoms with van der Waals surface area (Å²) in [7, 11) is 0. The van der Waals surface area contributed by atoms with Gasteiger partial charge in [-0.25, -0.2) is 0 Å². The minimum atomic E-state index is -0.147. The molecule has 1 saturated carbocycles. The van der Waals surface area contributed by atoms with Gasteiger partial charge in [-0.15, -0.1) is 0 Å². The molecule has 0 aliphatic heterocycles. The van der Waals surface area contributed by atoms with Gasteiger partial charge in [-0.2, -0.15) is 0 Å². The predicted molar refractivity (Wildman–Crippen MR) is 57.9 cm³/mol. The lowest BCUT2D eigenvalue weighted by Crippen LogP contribution is -2.39. The summed E-state index contributed by atoms with van der Waals surface area (Å²) in [6.45, 7) is 2.06. The fourth-order valence-electron chi connectivity index (χ4n) is 2.20. The van der Waals surface area contributed by atoms with Gasteiger partial charge in [-0.3, -0.25) is 4.98 Å². The Bertz CT molecular complexity index is 297. The molecule has 2 N–H and O–H groups in total. The van der Waals surface area contributed by atoms with Crippen LogP contribution in [0.15, 0.2) is 18.3 Å². The molecule has 0 unspecified atom stereocenters. The van der Waals surface area contributed by atoms with Gasteiger partial charge < -0.3 is 5.73 Å². The summed E-state index contributed by atoms with van der Waals surface area (Å²) >= 11 is 0. The molecular formula is C12H18N2. The number of hydrogen-bond donors (Lipinski definition) is 1. The van der Waals surface area contributed by atoms with Crippen molar-refractivity contribution in [2.45, 2.75) is 44.6 Å². The summed E-state index contributed by atoms with van der Waals surface area (Å²) in [6.07, 6.45) is 7.90. The Labute approximate surface area is 85.5 Å². The first-order chi connectivity index (χ1) is 6.71. The van der Waals surface area contributed by atoms with Crippen LogP contribution in [-0.2, 0) is 5.54 Å². The number of rotatable bonds is 1. The van der Waals surface area contributed by atoms with Gasteiger partial charge in [0, 0.05) is 6.20 Å². The van der Waals surface area contributed by atoms with Crippen molar-refractivity contribution in [1.29, 1.82) is 0 Å². The highest BCUT2D eigenvalue weighted by Gasteiger charge is 2.30. The van der Waals surface area contributed by atoms with Crippen LogP contribution in [0.5, 0.6) is 0 Å².